The number of rotatable bonds is 13. The van der Waals surface area contributed by atoms with Gasteiger partial charge in [0.2, 0.25) is 0 Å². The van der Waals surface area contributed by atoms with E-state index in [1.165, 1.54) is 0 Å². The largest absolute Gasteiger partial charge is 0.481 e. The van der Waals surface area contributed by atoms with E-state index < -0.39 is 11.9 Å². The van der Waals surface area contributed by atoms with Crippen molar-refractivity contribution in [2.45, 2.75) is 56.4 Å². The molecule has 0 spiro atoms. The standard InChI is InChI=1S/C38H38BrN3O6S/c1-2-42(31-19-14-27(15-20-31)38(47)48)49-32-5-3-4-28(22-32)35(43)41-34-23-29(39)16-21-33(34)36(44)40-30-17-10-25(11-18-30)7-6-24-8-12-26(13-9-24)37(45)46/h3-5,8-13,16-18,21-23,27,31H,2,6-7,14-15,19-20H2,1H3,(H,40,44)(H,41,43)(H,45,46)(H,47,48). The molecule has 9 nitrogen and oxygen atoms in total. The van der Waals surface area contributed by atoms with Crippen molar-refractivity contribution in [3.8, 4) is 0 Å². The maximum atomic E-state index is 13.5. The highest BCUT2D eigenvalue weighted by Crippen LogP contribution is 2.34. The van der Waals surface area contributed by atoms with Crippen LogP contribution in [-0.4, -0.2) is 50.9 Å². The summed E-state index contributed by atoms with van der Waals surface area (Å²) in [6.07, 6.45) is 4.49. The number of halogens is 1. The summed E-state index contributed by atoms with van der Waals surface area (Å²) >= 11 is 5.03. The number of amides is 2. The summed E-state index contributed by atoms with van der Waals surface area (Å²) in [6, 6.07) is 27.1. The van der Waals surface area contributed by atoms with Crippen LogP contribution >= 0.6 is 27.9 Å². The second-order valence-electron chi connectivity index (χ2n) is 12.0. The molecule has 5 rings (SSSR count). The fourth-order valence-electron chi connectivity index (χ4n) is 5.91. The minimum atomic E-state index is -0.948. The molecule has 4 N–H and O–H groups in total. The van der Waals surface area contributed by atoms with Gasteiger partial charge < -0.3 is 20.8 Å². The lowest BCUT2D eigenvalue weighted by Crippen LogP contribution is -2.34. The Hall–Kier alpha value is -4.45. The molecule has 4 aromatic carbocycles. The summed E-state index contributed by atoms with van der Waals surface area (Å²) in [5.41, 5.74) is 4.12. The van der Waals surface area contributed by atoms with Crippen LogP contribution in [0.1, 0.15) is 74.8 Å². The third kappa shape index (κ3) is 9.81. The highest BCUT2D eigenvalue weighted by atomic mass is 79.9. The predicted molar refractivity (Wildman–Crippen MR) is 195 cm³/mol. The molecule has 1 saturated carbocycles. The number of aliphatic carboxylic acids is 1. The summed E-state index contributed by atoms with van der Waals surface area (Å²) < 4.78 is 2.97. The highest BCUT2D eigenvalue weighted by molar-refractivity contribution is 9.10. The van der Waals surface area contributed by atoms with Crippen LogP contribution in [0.3, 0.4) is 0 Å². The Kier molecular flexibility index (Phi) is 12.3. The topological polar surface area (TPSA) is 136 Å². The van der Waals surface area contributed by atoms with Crippen molar-refractivity contribution in [3.63, 3.8) is 0 Å². The van der Waals surface area contributed by atoms with Gasteiger partial charge in [0.05, 0.1) is 22.7 Å². The van der Waals surface area contributed by atoms with Crippen molar-refractivity contribution in [3.05, 3.63) is 123 Å². The first-order chi connectivity index (χ1) is 23.6. The zero-order valence-electron chi connectivity index (χ0n) is 27.0. The highest BCUT2D eigenvalue weighted by Gasteiger charge is 2.29. The molecule has 0 bridgehead atoms. The van der Waals surface area contributed by atoms with Crippen LogP contribution < -0.4 is 10.6 Å². The van der Waals surface area contributed by atoms with E-state index in [2.05, 4.69) is 37.8 Å². The van der Waals surface area contributed by atoms with Gasteiger partial charge in [0.15, 0.2) is 0 Å². The van der Waals surface area contributed by atoms with Crippen LogP contribution in [0.2, 0.25) is 0 Å². The number of nitrogens with one attached hydrogen (secondary N) is 2. The van der Waals surface area contributed by atoms with Gasteiger partial charge in [-0.1, -0.05) is 53.2 Å². The monoisotopic (exact) mass is 743 g/mol. The second-order valence-corrected chi connectivity index (χ2v) is 14.0. The lowest BCUT2D eigenvalue weighted by Gasteiger charge is -2.34. The number of carbonyl (C=O) groups is 4. The van der Waals surface area contributed by atoms with Gasteiger partial charge in [-0.15, -0.1) is 0 Å². The minimum Gasteiger partial charge on any atom is -0.481 e. The SMILES string of the molecule is CCN(Sc1cccc(C(=O)Nc2cc(Br)ccc2C(=O)Nc2ccc(CCc3ccc(C(=O)O)cc3)cc2)c1)C1CCC(C(=O)O)CC1. The maximum absolute atomic E-state index is 13.5. The summed E-state index contributed by atoms with van der Waals surface area (Å²) in [6.45, 7) is 2.86. The van der Waals surface area contributed by atoms with Crippen LogP contribution in [-0.2, 0) is 17.6 Å². The van der Waals surface area contributed by atoms with Crippen molar-refractivity contribution in [2.75, 3.05) is 17.2 Å². The second kappa shape index (κ2) is 16.8. The van der Waals surface area contributed by atoms with Gasteiger partial charge in [-0.3, -0.25) is 14.4 Å². The molecule has 254 valence electrons. The zero-order chi connectivity index (χ0) is 34.9. The number of carboxylic acid groups (broad SMARTS) is 2. The predicted octanol–water partition coefficient (Wildman–Crippen LogP) is 8.41. The van der Waals surface area contributed by atoms with E-state index in [4.69, 9.17) is 5.11 Å². The molecule has 4 aromatic rings. The van der Waals surface area contributed by atoms with E-state index in [0.29, 0.717) is 39.8 Å². The number of hydrogen-bond acceptors (Lipinski definition) is 6. The Morgan fingerprint density at radius 1 is 0.776 bits per heavy atom. The number of carboxylic acids is 2. The fraction of sp³-hybridized carbons (Fsp3) is 0.263. The number of anilines is 2. The third-order valence-corrected chi connectivity index (χ3v) is 10.4. The summed E-state index contributed by atoms with van der Waals surface area (Å²) in [4.78, 5) is 50.2. The molecule has 2 amide bonds. The number of aromatic carboxylic acids is 1. The van der Waals surface area contributed by atoms with Crippen molar-refractivity contribution >= 4 is 63.0 Å². The molecule has 1 fully saturated rings. The van der Waals surface area contributed by atoms with E-state index in [1.807, 2.05) is 54.6 Å². The lowest BCUT2D eigenvalue weighted by atomic mass is 9.86. The van der Waals surface area contributed by atoms with Gasteiger partial charge in [0.1, 0.15) is 0 Å². The quantitative estimate of drug-likeness (QED) is 0.100. The smallest absolute Gasteiger partial charge is 0.335 e. The summed E-state index contributed by atoms with van der Waals surface area (Å²) in [7, 11) is 0. The number of hydrogen-bond donors (Lipinski definition) is 4. The van der Waals surface area contributed by atoms with Crippen LogP contribution in [0.5, 0.6) is 0 Å². The lowest BCUT2D eigenvalue weighted by molar-refractivity contribution is -0.143. The molecule has 0 heterocycles. The summed E-state index contributed by atoms with van der Waals surface area (Å²) in [5, 5.41) is 24.3. The van der Waals surface area contributed by atoms with E-state index in [1.54, 1.807) is 48.3 Å². The van der Waals surface area contributed by atoms with Crippen LogP contribution in [0, 0.1) is 5.92 Å². The number of aryl methyl sites for hydroxylation is 2. The van der Waals surface area contributed by atoms with Crippen LogP contribution in [0.15, 0.2) is 100 Å². The average Bonchev–Trinajstić information content (AvgIpc) is 3.10. The molecule has 0 unspecified atom stereocenters. The van der Waals surface area contributed by atoms with E-state index in [9.17, 15) is 24.3 Å². The minimum absolute atomic E-state index is 0.259. The van der Waals surface area contributed by atoms with Crippen molar-refractivity contribution in [1.29, 1.82) is 0 Å². The van der Waals surface area contributed by atoms with Crippen molar-refractivity contribution < 1.29 is 29.4 Å². The van der Waals surface area contributed by atoms with Crippen LogP contribution in [0.4, 0.5) is 11.4 Å². The molecule has 0 radical (unpaired) electrons. The molecule has 11 heteroatoms. The Labute approximate surface area is 298 Å². The Morgan fingerprint density at radius 3 is 2.04 bits per heavy atom. The molecular formula is C38H38BrN3O6S. The first-order valence-electron chi connectivity index (χ1n) is 16.2. The number of benzene rings is 4. The van der Waals surface area contributed by atoms with Gasteiger partial charge in [0.25, 0.3) is 11.8 Å². The molecule has 0 saturated heterocycles. The van der Waals surface area contributed by atoms with Gasteiger partial charge in [-0.2, -0.15) is 0 Å². The Bertz CT molecular complexity index is 1810. The van der Waals surface area contributed by atoms with E-state index >= 15 is 0 Å². The Balaban J connectivity index is 1.20. The van der Waals surface area contributed by atoms with E-state index in [0.717, 1.165) is 48.3 Å². The number of nitrogens with zero attached hydrogens (tertiary/aromatic N) is 1. The van der Waals surface area contributed by atoms with E-state index in [-0.39, 0.29) is 29.3 Å². The van der Waals surface area contributed by atoms with Crippen LogP contribution in [0.25, 0.3) is 0 Å². The Morgan fingerprint density at radius 2 is 1.43 bits per heavy atom. The van der Waals surface area contributed by atoms with Gasteiger partial charge in [0, 0.05) is 33.2 Å². The average molecular weight is 745 g/mol. The van der Waals surface area contributed by atoms with Crippen molar-refractivity contribution in [1.82, 2.24) is 4.31 Å². The first-order valence-corrected chi connectivity index (χ1v) is 17.8. The van der Waals surface area contributed by atoms with Crippen molar-refractivity contribution in [2.24, 2.45) is 5.92 Å². The molecular weight excluding hydrogens is 706 g/mol. The molecule has 1 aliphatic rings. The van der Waals surface area contributed by atoms with Gasteiger partial charge >= 0.3 is 11.9 Å². The number of carbonyl (C=O) groups excluding carboxylic acids is 2. The fourth-order valence-corrected chi connectivity index (χ4v) is 7.35. The first kappa shape index (κ1) is 35.8. The molecule has 0 aromatic heterocycles. The molecule has 0 aliphatic heterocycles. The molecule has 0 atom stereocenters. The molecule has 49 heavy (non-hydrogen) atoms. The zero-order valence-corrected chi connectivity index (χ0v) is 29.4. The van der Waals surface area contributed by atoms with Gasteiger partial charge in [-0.05, 0) is 122 Å². The van der Waals surface area contributed by atoms with Gasteiger partial charge in [-0.25, -0.2) is 9.10 Å². The molecule has 1 aliphatic carbocycles. The maximum Gasteiger partial charge on any atom is 0.335 e. The summed E-state index contributed by atoms with van der Waals surface area (Å²) in [5.74, 6) is -2.65. The normalized spacial score (nSPS) is 15.8. The third-order valence-electron chi connectivity index (χ3n) is 8.67.